The molecule has 0 aliphatic rings. The minimum absolute atomic E-state index is 0. The van der Waals surface area contributed by atoms with E-state index in [1.165, 1.54) is 20.2 Å². The quantitative estimate of drug-likeness (QED) is 0.402. The van der Waals surface area contributed by atoms with Crippen molar-refractivity contribution in [1.29, 1.82) is 0 Å². The molecule has 20 heavy (non-hydrogen) atoms. The number of nitrogens with zero attached hydrogens (tertiary/aromatic N) is 2. The third-order valence-electron chi connectivity index (χ3n) is 3.13. The molecule has 2 aromatic heterocycles. The number of thiophene rings is 1. The zero-order chi connectivity index (χ0) is 12.7. The molecule has 0 atom stereocenters. The molecule has 0 spiro atoms. The molecule has 0 fully saturated rings. The van der Waals surface area contributed by atoms with Gasteiger partial charge in [-0.15, -0.1) is 18.2 Å². The zero-order valence-corrected chi connectivity index (χ0v) is 13.5. The fourth-order valence-corrected chi connectivity index (χ4v) is 3.48. The Labute approximate surface area is 133 Å². The Morgan fingerprint density at radius 1 is 0.900 bits per heavy atom. The first kappa shape index (κ1) is 13.4. The smallest absolute Gasteiger partial charge is 0.0761 e. The van der Waals surface area contributed by atoms with Crippen LogP contribution >= 0.6 is 11.3 Å². The van der Waals surface area contributed by atoms with E-state index in [1.807, 2.05) is 12.1 Å². The molecule has 0 amide bonds. The molecule has 99 valence electrons. The first-order chi connectivity index (χ1) is 9.43. The van der Waals surface area contributed by atoms with Gasteiger partial charge in [0.15, 0.2) is 0 Å². The minimum Gasteiger partial charge on any atom is -0.285 e. The Hall–Kier alpha value is -1.61. The van der Waals surface area contributed by atoms with Crippen molar-refractivity contribution in [3.63, 3.8) is 0 Å². The average Bonchev–Trinajstić information content (AvgIpc) is 2.87. The predicted molar refractivity (Wildman–Crippen MR) is 79.2 cm³/mol. The van der Waals surface area contributed by atoms with E-state index in [1.54, 1.807) is 23.7 Å². The SMILES string of the molecule is [Ir].[c-]1ccc2c(sc3ccccc32)c1-c1ncccn1. The topological polar surface area (TPSA) is 25.8 Å². The number of rotatable bonds is 1. The molecule has 0 unspecified atom stereocenters. The number of hydrogen-bond donors (Lipinski definition) is 0. The van der Waals surface area contributed by atoms with Crippen molar-refractivity contribution in [1.82, 2.24) is 9.97 Å². The standard InChI is InChI=1S/C16H9N2S.Ir/c1-2-8-14-11(5-1)12-6-3-7-13(15(12)19-14)16-17-9-4-10-18-16;/h1-6,8-10H;/q-1;. The average molecular weight is 454 g/mol. The predicted octanol–water partition coefficient (Wildman–Crippen LogP) is 4.31. The Balaban J connectivity index is 0.00000121. The summed E-state index contributed by atoms with van der Waals surface area (Å²) >= 11 is 1.77. The van der Waals surface area contributed by atoms with Crippen LogP contribution in [0.15, 0.2) is 54.9 Å². The van der Waals surface area contributed by atoms with Gasteiger partial charge in [0.1, 0.15) is 0 Å². The van der Waals surface area contributed by atoms with Crippen molar-refractivity contribution < 1.29 is 20.1 Å². The van der Waals surface area contributed by atoms with Crippen molar-refractivity contribution in [2.24, 2.45) is 0 Å². The molecule has 4 heteroatoms. The van der Waals surface area contributed by atoms with Gasteiger partial charge in [0, 0.05) is 37.2 Å². The van der Waals surface area contributed by atoms with E-state index in [0.717, 1.165) is 11.4 Å². The van der Waals surface area contributed by atoms with Gasteiger partial charge in [0.2, 0.25) is 0 Å². The van der Waals surface area contributed by atoms with Gasteiger partial charge in [-0.2, -0.15) is 11.3 Å². The normalized spacial score (nSPS) is 10.6. The van der Waals surface area contributed by atoms with Gasteiger partial charge in [-0.05, 0) is 22.2 Å². The second-order valence-corrected chi connectivity index (χ2v) is 5.32. The molecule has 2 nitrogen and oxygen atoms in total. The van der Waals surface area contributed by atoms with Crippen LogP contribution in [0.25, 0.3) is 31.6 Å². The van der Waals surface area contributed by atoms with Gasteiger partial charge in [-0.3, -0.25) is 9.97 Å². The molecule has 0 saturated heterocycles. The number of benzene rings is 2. The molecule has 0 bridgehead atoms. The van der Waals surface area contributed by atoms with Crippen LogP contribution in [0, 0.1) is 6.07 Å². The third-order valence-corrected chi connectivity index (χ3v) is 4.33. The molecular weight excluding hydrogens is 444 g/mol. The van der Waals surface area contributed by atoms with E-state index in [9.17, 15) is 0 Å². The molecule has 2 aromatic carbocycles. The largest absolute Gasteiger partial charge is 0.285 e. The summed E-state index contributed by atoms with van der Waals surface area (Å²) in [7, 11) is 0. The number of fused-ring (bicyclic) bond motifs is 3. The summed E-state index contributed by atoms with van der Waals surface area (Å²) in [6.45, 7) is 0. The molecule has 0 aliphatic carbocycles. The summed E-state index contributed by atoms with van der Waals surface area (Å²) in [6.07, 6.45) is 3.53. The van der Waals surface area contributed by atoms with E-state index in [0.29, 0.717) is 0 Å². The van der Waals surface area contributed by atoms with Gasteiger partial charge in [0.25, 0.3) is 0 Å². The molecule has 4 rings (SSSR count). The van der Waals surface area contributed by atoms with Gasteiger partial charge in [0.05, 0.1) is 5.82 Å². The molecule has 2 heterocycles. The number of aromatic nitrogens is 2. The van der Waals surface area contributed by atoms with Crippen LogP contribution in [0.5, 0.6) is 0 Å². The van der Waals surface area contributed by atoms with Crippen molar-refractivity contribution in [2.45, 2.75) is 0 Å². The van der Waals surface area contributed by atoms with Gasteiger partial charge < -0.3 is 0 Å². The second-order valence-electron chi connectivity index (χ2n) is 4.27. The van der Waals surface area contributed by atoms with E-state index >= 15 is 0 Å². The van der Waals surface area contributed by atoms with Crippen LogP contribution in [-0.2, 0) is 20.1 Å². The summed E-state index contributed by atoms with van der Waals surface area (Å²) in [4.78, 5) is 8.67. The Morgan fingerprint density at radius 3 is 2.55 bits per heavy atom. The summed E-state index contributed by atoms with van der Waals surface area (Å²) in [5.41, 5.74) is 0.985. The maximum absolute atomic E-state index is 4.33. The fraction of sp³-hybridized carbons (Fsp3) is 0. The summed E-state index contributed by atoms with van der Waals surface area (Å²) < 4.78 is 2.49. The van der Waals surface area contributed by atoms with Gasteiger partial charge >= 0.3 is 0 Å². The van der Waals surface area contributed by atoms with E-state index in [4.69, 9.17) is 0 Å². The Kier molecular flexibility index (Phi) is 3.62. The molecular formula is C16H9IrN2S-. The van der Waals surface area contributed by atoms with Gasteiger partial charge in [-0.25, -0.2) is 0 Å². The first-order valence-electron chi connectivity index (χ1n) is 6.03. The Bertz CT molecular complexity index is 871. The van der Waals surface area contributed by atoms with Crippen LogP contribution in [0.4, 0.5) is 0 Å². The molecule has 1 radical (unpaired) electrons. The monoisotopic (exact) mass is 454 g/mol. The van der Waals surface area contributed by atoms with Crippen molar-refractivity contribution in [3.8, 4) is 11.4 Å². The maximum atomic E-state index is 4.33. The van der Waals surface area contributed by atoms with E-state index < -0.39 is 0 Å². The molecule has 0 aliphatic heterocycles. The van der Waals surface area contributed by atoms with Crippen LogP contribution < -0.4 is 0 Å². The zero-order valence-electron chi connectivity index (χ0n) is 10.3. The van der Waals surface area contributed by atoms with E-state index in [-0.39, 0.29) is 20.1 Å². The van der Waals surface area contributed by atoms with Crippen LogP contribution in [0.3, 0.4) is 0 Å². The summed E-state index contributed by atoms with van der Waals surface area (Å²) in [5.74, 6) is 0.736. The number of hydrogen-bond acceptors (Lipinski definition) is 3. The molecule has 0 saturated carbocycles. The van der Waals surface area contributed by atoms with Crippen LogP contribution in [0.1, 0.15) is 0 Å². The van der Waals surface area contributed by atoms with Gasteiger partial charge in [-0.1, -0.05) is 29.1 Å². The second kappa shape index (κ2) is 5.41. The third kappa shape index (κ3) is 2.06. The maximum Gasteiger partial charge on any atom is 0.0761 e. The minimum atomic E-state index is 0. The summed E-state index contributed by atoms with van der Waals surface area (Å²) in [5, 5.41) is 2.54. The van der Waals surface area contributed by atoms with Crippen molar-refractivity contribution in [2.75, 3.05) is 0 Å². The summed E-state index contributed by atoms with van der Waals surface area (Å²) in [6, 6.07) is 17.6. The molecule has 0 N–H and O–H groups in total. The van der Waals surface area contributed by atoms with Crippen LogP contribution in [-0.4, -0.2) is 9.97 Å². The van der Waals surface area contributed by atoms with Crippen molar-refractivity contribution >= 4 is 31.5 Å². The Morgan fingerprint density at radius 2 is 1.70 bits per heavy atom. The molecule has 4 aromatic rings. The van der Waals surface area contributed by atoms with E-state index in [2.05, 4.69) is 46.4 Å². The fourth-order valence-electron chi connectivity index (χ4n) is 2.28. The van der Waals surface area contributed by atoms with Crippen molar-refractivity contribution in [3.05, 3.63) is 60.9 Å². The first-order valence-corrected chi connectivity index (χ1v) is 6.84. The van der Waals surface area contributed by atoms with Crippen LogP contribution in [0.2, 0.25) is 0 Å².